The van der Waals surface area contributed by atoms with Crippen LogP contribution in [-0.4, -0.2) is 14.7 Å². The Balaban J connectivity index is 2.20. The first-order valence-electron chi connectivity index (χ1n) is 4.74. The van der Waals surface area contributed by atoms with Gasteiger partial charge in [0, 0.05) is 22.2 Å². The van der Waals surface area contributed by atoms with E-state index in [1.165, 1.54) is 0 Å². The van der Waals surface area contributed by atoms with E-state index in [4.69, 9.17) is 16.7 Å². The summed E-state index contributed by atoms with van der Waals surface area (Å²) in [7, 11) is 0. The molecule has 1 aromatic carbocycles. The molecule has 0 bridgehead atoms. The van der Waals surface area contributed by atoms with E-state index in [1.807, 2.05) is 22.8 Å². The molecule has 0 amide bonds. The molecule has 2 rings (SSSR count). The van der Waals surface area contributed by atoms with Gasteiger partial charge in [-0.2, -0.15) is 0 Å². The maximum Gasteiger partial charge on any atom is 0.0953 e. The number of benzene rings is 1. The van der Waals surface area contributed by atoms with Crippen LogP contribution in [0.25, 0.3) is 0 Å². The standard InChI is InChI=1S/C11H10BrClN2O/c12-9-2-1-8(11(13)3-9)4-15-5-10(6-16)14-7-15/h1-3,5,7,16H,4,6H2. The number of hydrogen-bond acceptors (Lipinski definition) is 2. The van der Waals surface area contributed by atoms with Gasteiger partial charge in [-0.15, -0.1) is 0 Å². The van der Waals surface area contributed by atoms with Crippen molar-refractivity contribution in [1.82, 2.24) is 9.55 Å². The lowest BCUT2D eigenvalue weighted by Gasteiger charge is -2.05. The maximum atomic E-state index is 8.90. The first-order valence-corrected chi connectivity index (χ1v) is 5.91. The average Bonchev–Trinajstić information content (AvgIpc) is 2.70. The summed E-state index contributed by atoms with van der Waals surface area (Å²) in [6.45, 7) is 0.611. The minimum atomic E-state index is -0.0406. The van der Waals surface area contributed by atoms with Gasteiger partial charge in [0.05, 0.1) is 18.6 Å². The molecule has 0 radical (unpaired) electrons. The van der Waals surface area contributed by atoms with E-state index in [-0.39, 0.29) is 6.61 Å². The lowest BCUT2D eigenvalue weighted by atomic mass is 10.2. The van der Waals surface area contributed by atoms with Crippen molar-refractivity contribution in [2.45, 2.75) is 13.2 Å². The molecular weight excluding hydrogens is 291 g/mol. The summed E-state index contributed by atoms with van der Waals surface area (Å²) in [5.74, 6) is 0. The zero-order valence-corrected chi connectivity index (χ0v) is 10.7. The number of hydrogen-bond donors (Lipinski definition) is 1. The highest BCUT2D eigenvalue weighted by Crippen LogP contribution is 2.22. The maximum absolute atomic E-state index is 8.90. The molecule has 1 heterocycles. The number of aliphatic hydroxyl groups is 1. The first-order chi connectivity index (χ1) is 7.69. The van der Waals surface area contributed by atoms with Gasteiger partial charge in [-0.25, -0.2) is 4.98 Å². The molecule has 16 heavy (non-hydrogen) atoms. The van der Waals surface area contributed by atoms with Crippen molar-refractivity contribution in [1.29, 1.82) is 0 Å². The van der Waals surface area contributed by atoms with Crippen LogP contribution < -0.4 is 0 Å². The molecule has 5 heteroatoms. The molecule has 0 saturated heterocycles. The second kappa shape index (κ2) is 4.99. The van der Waals surface area contributed by atoms with Crippen LogP contribution in [0.3, 0.4) is 0 Å². The highest BCUT2D eigenvalue weighted by Gasteiger charge is 2.03. The number of aromatic nitrogens is 2. The van der Waals surface area contributed by atoms with Gasteiger partial charge >= 0.3 is 0 Å². The van der Waals surface area contributed by atoms with Crippen molar-refractivity contribution in [3.63, 3.8) is 0 Å². The minimum Gasteiger partial charge on any atom is -0.390 e. The summed E-state index contributed by atoms with van der Waals surface area (Å²) in [4.78, 5) is 4.04. The van der Waals surface area contributed by atoms with E-state index in [9.17, 15) is 0 Å². The minimum absolute atomic E-state index is 0.0406. The largest absolute Gasteiger partial charge is 0.390 e. The molecular formula is C11H10BrClN2O. The summed E-state index contributed by atoms with van der Waals surface area (Å²) < 4.78 is 2.85. The van der Waals surface area contributed by atoms with Crippen molar-refractivity contribution in [3.8, 4) is 0 Å². The molecule has 2 aromatic rings. The fourth-order valence-electron chi connectivity index (χ4n) is 1.42. The summed E-state index contributed by atoms with van der Waals surface area (Å²) in [5.41, 5.74) is 1.68. The van der Waals surface area contributed by atoms with Crippen molar-refractivity contribution in [3.05, 3.63) is 51.5 Å². The van der Waals surface area contributed by atoms with E-state index < -0.39 is 0 Å². The van der Waals surface area contributed by atoms with Crippen LogP contribution in [0.1, 0.15) is 11.3 Å². The number of aliphatic hydroxyl groups excluding tert-OH is 1. The Labute approximate surface area is 107 Å². The number of halogens is 2. The van der Waals surface area contributed by atoms with Crippen molar-refractivity contribution < 1.29 is 5.11 Å². The SMILES string of the molecule is OCc1cn(Cc2ccc(Br)cc2Cl)cn1. The van der Waals surface area contributed by atoms with Crippen molar-refractivity contribution in [2.75, 3.05) is 0 Å². The molecule has 84 valence electrons. The van der Waals surface area contributed by atoms with E-state index >= 15 is 0 Å². The van der Waals surface area contributed by atoms with E-state index in [0.29, 0.717) is 17.3 Å². The highest BCUT2D eigenvalue weighted by molar-refractivity contribution is 9.10. The molecule has 0 atom stereocenters. The smallest absolute Gasteiger partial charge is 0.0953 e. The lowest BCUT2D eigenvalue weighted by Crippen LogP contribution is -1.97. The Morgan fingerprint density at radius 1 is 1.44 bits per heavy atom. The Bertz CT molecular complexity index is 498. The monoisotopic (exact) mass is 300 g/mol. The third-order valence-electron chi connectivity index (χ3n) is 2.22. The van der Waals surface area contributed by atoms with E-state index in [2.05, 4.69) is 20.9 Å². The quantitative estimate of drug-likeness (QED) is 0.946. The predicted molar refractivity (Wildman–Crippen MR) is 66.4 cm³/mol. The van der Waals surface area contributed by atoms with Gasteiger partial charge in [0.25, 0.3) is 0 Å². The molecule has 1 N–H and O–H groups in total. The molecule has 0 saturated carbocycles. The average molecular weight is 302 g/mol. The highest BCUT2D eigenvalue weighted by atomic mass is 79.9. The number of rotatable bonds is 3. The van der Waals surface area contributed by atoms with Crippen molar-refractivity contribution >= 4 is 27.5 Å². The second-order valence-electron chi connectivity index (χ2n) is 3.43. The molecule has 0 fully saturated rings. The molecule has 0 aliphatic carbocycles. The Morgan fingerprint density at radius 3 is 2.88 bits per heavy atom. The topological polar surface area (TPSA) is 38.0 Å². The second-order valence-corrected chi connectivity index (χ2v) is 4.75. The van der Waals surface area contributed by atoms with Crippen LogP contribution in [0, 0.1) is 0 Å². The van der Waals surface area contributed by atoms with Crippen LogP contribution in [0.5, 0.6) is 0 Å². The van der Waals surface area contributed by atoms with E-state index in [1.54, 1.807) is 12.5 Å². The van der Waals surface area contributed by atoms with Gasteiger partial charge in [-0.3, -0.25) is 0 Å². The molecule has 3 nitrogen and oxygen atoms in total. The van der Waals surface area contributed by atoms with Crippen LogP contribution in [0.4, 0.5) is 0 Å². The number of imidazole rings is 1. The van der Waals surface area contributed by atoms with Crippen LogP contribution in [-0.2, 0) is 13.2 Å². The van der Waals surface area contributed by atoms with Gasteiger partial charge in [0.15, 0.2) is 0 Å². The Kier molecular flexibility index (Phi) is 3.63. The van der Waals surface area contributed by atoms with Gasteiger partial charge in [-0.1, -0.05) is 33.6 Å². The first kappa shape index (κ1) is 11.6. The zero-order chi connectivity index (χ0) is 11.5. The fraction of sp³-hybridized carbons (Fsp3) is 0.182. The predicted octanol–water partition coefficient (Wildman–Crippen LogP) is 2.84. The van der Waals surface area contributed by atoms with E-state index in [0.717, 1.165) is 10.0 Å². The van der Waals surface area contributed by atoms with Gasteiger partial charge in [-0.05, 0) is 17.7 Å². The van der Waals surface area contributed by atoms with Gasteiger partial charge in [0.2, 0.25) is 0 Å². The molecule has 1 aromatic heterocycles. The normalized spacial score (nSPS) is 10.7. The lowest BCUT2D eigenvalue weighted by molar-refractivity contribution is 0.277. The van der Waals surface area contributed by atoms with Gasteiger partial charge in [0.1, 0.15) is 0 Å². The molecule has 0 aliphatic heterocycles. The zero-order valence-electron chi connectivity index (χ0n) is 8.40. The van der Waals surface area contributed by atoms with Crippen LogP contribution >= 0.6 is 27.5 Å². The summed E-state index contributed by atoms with van der Waals surface area (Å²) in [5, 5.41) is 9.62. The van der Waals surface area contributed by atoms with Gasteiger partial charge < -0.3 is 9.67 Å². The summed E-state index contributed by atoms with van der Waals surface area (Å²) in [6.07, 6.45) is 3.49. The van der Waals surface area contributed by atoms with Crippen molar-refractivity contribution in [2.24, 2.45) is 0 Å². The summed E-state index contributed by atoms with van der Waals surface area (Å²) in [6, 6.07) is 5.77. The fourth-order valence-corrected chi connectivity index (χ4v) is 2.15. The number of nitrogens with zero attached hydrogens (tertiary/aromatic N) is 2. The molecule has 0 unspecified atom stereocenters. The van der Waals surface area contributed by atoms with Crippen LogP contribution in [0.15, 0.2) is 35.2 Å². The summed E-state index contributed by atoms with van der Waals surface area (Å²) >= 11 is 9.47. The molecule has 0 aliphatic rings. The third-order valence-corrected chi connectivity index (χ3v) is 3.06. The molecule has 0 spiro atoms. The third kappa shape index (κ3) is 2.64. The van der Waals surface area contributed by atoms with Crippen LogP contribution in [0.2, 0.25) is 5.02 Å². The Hall–Kier alpha value is -0.840. The Morgan fingerprint density at radius 2 is 2.25 bits per heavy atom.